The number of nitrogens with one attached hydrogen (secondary N) is 1. The summed E-state index contributed by atoms with van der Waals surface area (Å²) in [6, 6.07) is 0.177. The van der Waals surface area contributed by atoms with Gasteiger partial charge >= 0.3 is 0 Å². The van der Waals surface area contributed by atoms with Crippen molar-refractivity contribution in [3.05, 3.63) is 0 Å². The molecule has 0 aromatic rings. The first-order chi connectivity index (χ1) is 7.60. The molecule has 0 radical (unpaired) electrons. The number of amides is 1. The molecule has 0 atom stereocenters. The van der Waals surface area contributed by atoms with E-state index in [4.69, 9.17) is 10.9 Å². The number of carbonyl (C=O) groups is 1. The molecule has 1 rings (SSSR count). The molecule has 92 valence electrons. The molecule has 4 N–H and O–H groups in total. The monoisotopic (exact) mass is 227 g/mol. The fourth-order valence-electron chi connectivity index (χ4n) is 2.04. The van der Waals surface area contributed by atoms with E-state index in [-0.39, 0.29) is 17.8 Å². The Hall–Kier alpha value is -1.26. The molecule has 0 saturated heterocycles. The van der Waals surface area contributed by atoms with Gasteiger partial charge in [-0.3, -0.25) is 4.79 Å². The number of nitrogens with zero attached hydrogens (tertiary/aromatic N) is 1. The quantitative estimate of drug-likeness (QED) is 0.285. The molecule has 0 spiro atoms. The molecular formula is C11H21N3O2. The number of oxime groups is 1. The van der Waals surface area contributed by atoms with Gasteiger partial charge in [0.15, 0.2) is 5.84 Å². The number of nitrogens with two attached hydrogens (primary N) is 1. The Kier molecular flexibility index (Phi) is 4.15. The normalized spacial score (nSPS) is 19.3. The van der Waals surface area contributed by atoms with Gasteiger partial charge in [-0.2, -0.15) is 0 Å². The summed E-state index contributed by atoms with van der Waals surface area (Å²) < 4.78 is 0. The van der Waals surface area contributed by atoms with E-state index in [0.29, 0.717) is 12.8 Å². The van der Waals surface area contributed by atoms with Crippen LogP contribution in [0.2, 0.25) is 0 Å². The molecule has 1 aliphatic rings. The number of rotatable bonds is 5. The summed E-state index contributed by atoms with van der Waals surface area (Å²) in [6.45, 7) is 4.07. The molecule has 0 aromatic heterocycles. The summed E-state index contributed by atoms with van der Waals surface area (Å²) in [5.74, 6) is -0.0510. The van der Waals surface area contributed by atoms with E-state index in [1.54, 1.807) is 0 Å². The fourth-order valence-corrected chi connectivity index (χ4v) is 2.04. The molecule has 16 heavy (non-hydrogen) atoms. The van der Waals surface area contributed by atoms with Crippen LogP contribution in [0.3, 0.4) is 0 Å². The lowest BCUT2D eigenvalue weighted by Gasteiger charge is -2.39. The Bertz CT molecular complexity index is 281. The third-order valence-corrected chi connectivity index (χ3v) is 3.56. The van der Waals surface area contributed by atoms with Gasteiger partial charge in [-0.1, -0.05) is 25.4 Å². The SMILES string of the molecule is CCC(CC)NC(=O)C1(C(N)=NO)CCC1. The van der Waals surface area contributed by atoms with Gasteiger partial charge < -0.3 is 16.3 Å². The lowest BCUT2D eigenvalue weighted by atomic mass is 9.67. The first-order valence-corrected chi connectivity index (χ1v) is 5.89. The number of hydrogen-bond donors (Lipinski definition) is 3. The van der Waals surface area contributed by atoms with Crippen molar-refractivity contribution in [2.24, 2.45) is 16.3 Å². The highest BCUT2D eigenvalue weighted by atomic mass is 16.4. The number of amidine groups is 1. The van der Waals surface area contributed by atoms with Gasteiger partial charge in [0.25, 0.3) is 0 Å². The second-order valence-electron chi connectivity index (χ2n) is 4.41. The predicted molar refractivity (Wildman–Crippen MR) is 62.2 cm³/mol. The zero-order chi connectivity index (χ0) is 12.2. The second-order valence-corrected chi connectivity index (χ2v) is 4.41. The van der Waals surface area contributed by atoms with Gasteiger partial charge in [0.2, 0.25) is 5.91 Å². The van der Waals surface area contributed by atoms with Crippen molar-refractivity contribution < 1.29 is 10.0 Å². The van der Waals surface area contributed by atoms with Crippen molar-refractivity contribution in [2.45, 2.75) is 52.0 Å². The molecule has 1 aliphatic carbocycles. The van der Waals surface area contributed by atoms with Gasteiger partial charge in [-0.05, 0) is 25.7 Å². The zero-order valence-electron chi connectivity index (χ0n) is 9.99. The van der Waals surface area contributed by atoms with Crippen molar-refractivity contribution in [3.8, 4) is 0 Å². The van der Waals surface area contributed by atoms with Gasteiger partial charge in [0.05, 0.1) is 0 Å². The first kappa shape index (κ1) is 12.8. The van der Waals surface area contributed by atoms with E-state index in [2.05, 4.69) is 10.5 Å². The summed E-state index contributed by atoms with van der Waals surface area (Å²) in [7, 11) is 0. The van der Waals surface area contributed by atoms with Crippen LogP contribution in [0.15, 0.2) is 5.16 Å². The summed E-state index contributed by atoms with van der Waals surface area (Å²) in [5.41, 5.74) is 4.86. The van der Waals surface area contributed by atoms with E-state index in [0.717, 1.165) is 19.3 Å². The van der Waals surface area contributed by atoms with Crippen molar-refractivity contribution >= 4 is 11.7 Å². The number of carbonyl (C=O) groups excluding carboxylic acids is 1. The highest BCUT2D eigenvalue weighted by Crippen LogP contribution is 2.41. The Morgan fingerprint density at radius 3 is 2.38 bits per heavy atom. The lowest BCUT2D eigenvalue weighted by Crippen LogP contribution is -2.55. The Morgan fingerprint density at radius 1 is 1.50 bits per heavy atom. The van der Waals surface area contributed by atoms with Crippen molar-refractivity contribution in [3.63, 3.8) is 0 Å². The third-order valence-electron chi connectivity index (χ3n) is 3.56. The first-order valence-electron chi connectivity index (χ1n) is 5.89. The van der Waals surface area contributed by atoms with Crippen LogP contribution in [0.25, 0.3) is 0 Å². The van der Waals surface area contributed by atoms with E-state index in [9.17, 15) is 4.79 Å². The van der Waals surface area contributed by atoms with Crippen LogP contribution >= 0.6 is 0 Å². The number of hydrogen-bond acceptors (Lipinski definition) is 3. The van der Waals surface area contributed by atoms with Crippen molar-refractivity contribution in [1.29, 1.82) is 0 Å². The van der Waals surface area contributed by atoms with Crippen LogP contribution < -0.4 is 11.1 Å². The maximum Gasteiger partial charge on any atom is 0.234 e. The maximum absolute atomic E-state index is 12.1. The van der Waals surface area contributed by atoms with Gasteiger partial charge in [0.1, 0.15) is 5.41 Å². The predicted octanol–water partition coefficient (Wildman–Crippen LogP) is 1.21. The van der Waals surface area contributed by atoms with Crippen LogP contribution in [0.4, 0.5) is 0 Å². The molecule has 5 nitrogen and oxygen atoms in total. The molecule has 1 amide bonds. The van der Waals surface area contributed by atoms with E-state index in [1.807, 2.05) is 13.8 Å². The fraction of sp³-hybridized carbons (Fsp3) is 0.818. The maximum atomic E-state index is 12.1. The van der Waals surface area contributed by atoms with Crippen LogP contribution in [-0.2, 0) is 4.79 Å². The van der Waals surface area contributed by atoms with Crippen molar-refractivity contribution in [1.82, 2.24) is 5.32 Å². The Labute approximate surface area is 96.1 Å². The average Bonchev–Trinajstić information content (AvgIpc) is 2.23. The largest absolute Gasteiger partial charge is 0.409 e. The standard InChI is InChI=1S/C11H21N3O2/c1-3-8(4-2)13-10(15)11(6-5-7-11)9(12)14-16/h8,16H,3-7H2,1-2H3,(H2,12,14)(H,13,15). The Balaban J connectivity index is 2.70. The smallest absolute Gasteiger partial charge is 0.234 e. The summed E-state index contributed by atoms with van der Waals surface area (Å²) in [5, 5.41) is 14.7. The minimum absolute atomic E-state index is 0.0437. The molecule has 0 aliphatic heterocycles. The summed E-state index contributed by atoms with van der Waals surface area (Å²) >= 11 is 0. The van der Waals surface area contributed by atoms with Crippen molar-refractivity contribution in [2.75, 3.05) is 0 Å². The second kappa shape index (κ2) is 5.18. The van der Waals surface area contributed by atoms with E-state index in [1.165, 1.54) is 0 Å². The van der Waals surface area contributed by atoms with Crippen LogP contribution in [-0.4, -0.2) is 23.0 Å². The topological polar surface area (TPSA) is 87.7 Å². The average molecular weight is 227 g/mol. The minimum atomic E-state index is -0.753. The minimum Gasteiger partial charge on any atom is -0.409 e. The summed E-state index contributed by atoms with van der Waals surface area (Å²) in [6.07, 6.45) is 4.10. The van der Waals surface area contributed by atoms with Crippen LogP contribution in [0.5, 0.6) is 0 Å². The van der Waals surface area contributed by atoms with Gasteiger partial charge in [-0.25, -0.2) is 0 Å². The lowest BCUT2D eigenvalue weighted by molar-refractivity contribution is -0.131. The Morgan fingerprint density at radius 2 is 2.06 bits per heavy atom. The third kappa shape index (κ3) is 2.13. The van der Waals surface area contributed by atoms with Gasteiger partial charge in [0, 0.05) is 6.04 Å². The van der Waals surface area contributed by atoms with Crippen LogP contribution in [0.1, 0.15) is 46.0 Å². The van der Waals surface area contributed by atoms with E-state index >= 15 is 0 Å². The summed E-state index contributed by atoms with van der Waals surface area (Å²) in [4.78, 5) is 12.1. The van der Waals surface area contributed by atoms with Crippen LogP contribution in [0, 0.1) is 5.41 Å². The highest BCUT2D eigenvalue weighted by molar-refractivity contribution is 6.07. The molecule has 0 heterocycles. The molecule has 0 aromatic carbocycles. The molecule has 1 fully saturated rings. The molecule has 0 bridgehead atoms. The molecule has 1 saturated carbocycles. The molecule has 5 heteroatoms. The zero-order valence-corrected chi connectivity index (χ0v) is 9.99. The highest BCUT2D eigenvalue weighted by Gasteiger charge is 2.48. The van der Waals surface area contributed by atoms with E-state index < -0.39 is 5.41 Å². The molecule has 0 unspecified atom stereocenters. The van der Waals surface area contributed by atoms with Gasteiger partial charge in [-0.15, -0.1) is 0 Å². The molecular weight excluding hydrogens is 206 g/mol.